The van der Waals surface area contributed by atoms with Gasteiger partial charge in [-0.3, -0.25) is 0 Å². The van der Waals surface area contributed by atoms with Gasteiger partial charge in [0.15, 0.2) is 5.82 Å². The molecule has 1 heterocycles. The molecule has 9 nitrogen and oxygen atoms in total. The van der Waals surface area contributed by atoms with Crippen molar-refractivity contribution in [2.24, 2.45) is 0 Å². The predicted molar refractivity (Wildman–Crippen MR) is 105 cm³/mol. The summed E-state index contributed by atoms with van der Waals surface area (Å²) in [5, 5.41) is 14.3. The van der Waals surface area contributed by atoms with E-state index in [1.807, 2.05) is 12.1 Å². The number of anilines is 4. The molecule has 0 unspecified atom stereocenters. The first-order valence-corrected chi connectivity index (χ1v) is 8.34. The minimum absolute atomic E-state index is 0.295. The van der Waals surface area contributed by atoms with Crippen molar-refractivity contribution < 1.29 is 18.9 Å². The third-order valence-corrected chi connectivity index (χ3v) is 3.88. The van der Waals surface area contributed by atoms with Crippen molar-refractivity contribution in [3.05, 3.63) is 42.6 Å². The van der Waals surface area contributed by atoms with Crippen LogP contribution >= 0.6 is 0 Å². The molecule has 1 aromatic heterocycles. The van der Waals surface area contributed by atoms with Gasteiger partial charge < -0.3 is 29.6 Å². The Labute approximate surface area is 162 Å². The molecule has 3 aromatic rings. The number of methoxy groups -OCH3 is 4. The van der Waals surface area contributed by atoms with Gasteiger partial charge in [-0.15, -0.1) is 5.10 Å². The zero-order chi connectivity index (χ0) is 19.9. The van der Waals surface area contributed by atoms with Crippen molar-refractivity contribution >= 4 is 23.1 Å². The molecule has 0 aliphatic heterocycles. The molecule has 0 spiro atoms. The first kappa shape index (κ1) is 19.0. The molecule has 0 atom stereocenters. The zero-order valence-electron chi connectivity index (χ0n) is 16.0. The SMILES string of the molecule is COc1ccc(OC)c(Nc2nncc(Nc3ccc(OC)cc3OC)n2)c1. The van der Waals surface area contributed by atoms with Gasteiger partial charge in [-0.05, 0) is 24.3 Å². The molecular formula is C19H21N5O4. The van der Waals surface area contributed by atoms with Gasteiger partial charge in [0.05, 0.1) is 46.0 Å². The van der Waals surface area contributed by atoms with Crippen LogP contribution in [-0.2, 0) is 0 Å². The largest absolute Gasteiger partial charge is 0.497 e. The summed E-state index contributed by atoms with van der Waals surface area (Å²) in [6.07, 6.45) is 1.51. The summed E-state index contributed by atoms with van der Waals surface area (Å²) in [6, 6.07) is 10.8. The highest BCUT2D eigenvalue weighted by atomic mass is 16.5. The molecule has 0 aliphatic rings. The van der Waals surface area contributed by atoms with Gasteiger partial charge in [0.1, 0.15) is 23.0 Å². The summed E-state index contributed by atoms with van der Waals surface area (Å²) in [7, 11) is 6.36. The van der Waals surface area contributed by atoms with Crippen LogP contribution in [0, 0.1) is 0 Å². The quantitative estimate of drug-likeness (QED) is 0.606. The minimum Gasteiger partial charge on any atom is -0.497 e. The number of benzene rings is 2. The number of ether oxygens (including phenoxy) is 4. The second-order valence-electron chi connectivity index (χ2n) is 5.55. The van der Waals surface area contributed by atoms with Crippen LogP contribution in [0.2, 0.25) is 0 Å². The second kappa shape index (κ2) is 8.76. The Morgan fingerprint density at radius 2 is 1.43 bits per heavy atom. The minimum atomic E-state index is 0.295. The first-order valence-electron chi connectivity index (χ1n) is 8.34. The van der Waals surface area contributed by atoms with Gasteiger partial charge in [0.25, 0.3) is 0 Å². The molecule has 0 saturated carbocycles. The molecule has 0 radical (unpaired) electrons. The van der Waals surface area contributed by atoms with Crippen molar-refractivity contribution in [3.63, 3.8) is 0 Å². The van der Waals surface area contributed by atoms with E-state index in [0.29, 0.717) is 46.1 Å². The van der Waals surface area contributed by atoms with E-state index in [1.165, 1.54) is 6.20 Å². The highest BCUT2D eigenvalue weighted by Gasteiger charge is 2.10. The summed E-state index contributed by atoms with van der Waals surface area (Å²) >= 11 is 0. The monoisotopic (exact) mass is 383 g/mol. The predicted octanol–water partition coefficient (Wildman–Crippen LogP) is 3.39. The number of nitrogens with zero attached hydrogens (tertiary/aromatic N) is 3. The van der Waals surface area contributed by atoms with Gasteiger partial charge in [-0.1, -0.05) is 0 Å². The smallest absolute Gasteiger partial charge is 0.249 e. The van der Waals surface area contributed by atoms with E-state index >= 15 is 0 Å². The average molecular weight is 383 g/mol. The molecule has 0 fully saturated rings. The maximum Gasteiger partial charge on any atom is 0.249 e. The highest BCUT2D eigenvalue weighted by molar-refractivity contribution is 5.68. The standard InChI is InChI=1S/C19H21N5O4/c1-25-12-6-8-16(27-3)15(9-12)22-19-23-18(11-20-24-19)21-14-7-5-13(26-2)10-17(14)28-4/h5-11H,1-4H3,(H2,21,22,23,24). The maximum atomic E-state index is 5.39. The van der Waals surface area contributed by atoms with Crippen LogP contribution in [0.4, 0.5) is 23.1 Å². The number of hydrogen-bond acceptors (Lipinski definition) is 9. The molecule has 28 heavy (non-hydrogen) atoms. The summed E-state index contributed by atoms with van der Waals surface area (Å²) in [6.45, 7) is 0. The molecule has 0 aliphatic carbocycles. The lowest BCUT2D eigenvalue weighted by molar-refractivity contribution is 0.395. The van der Waals surface area contributed by atoms with Crippen LogP contribution in [0.25, 0.3) is 0 Å². The molecular weight excluding hydrogens is 362 g/mol. The Morgan fingerprint density at radius 1 is 0.714 bits per heavy atom. The van der Waals surface area contributed by atoms with E-state index in [1.54, 1.807) is 52.7 Å². The Hall–Kier alpha value is -3.75. The Kier molecular flexibility index (Phi) is 5.95. The van der Waals surface area contributed by atoms with Crippen molar-refractivity contribution in [2.75, 3.05) is 39.1 Å². The van der Waals surface area contributed by atoms with Crippen LogP contribution in [0.3, 0.4) is 0 Å². The van der Waals surface area contributed by atoms with Gasteiger partial charge in [0.2, 0.25) is 5.95 Å². The second-order valence-corrected chi connectivity index (χ2v) is 5.55. The third kappa shape index (κ3) is 4.32. The van der Waals surface area contributed by atoms with E-state index in [-0.39, 0.29) is 0 Å². The topological polar surface area (TPSA) is 99.7 Å². The molecule has 0 amide bonds. The van der Waals surface area contributed by atoms with E-state index in [4.69, 9.17) is 18.9 Å². The molecule has 2 aromatic carbocycles. The third-order valence-electron chi connectivity index (χ3n) is 3.88. The number of hydrogen-bond donors (Lipinski definition) is 2. The van der Waals surface area contributed by atoms with Crippen LogP contribution in [0.5, 0.6) is 23.0 Å². The van der Waals surface area contributed by atoms with Crippen molar-refractivity contribution in [3.8, 4) is 23.0 Å². The molecule has 2 N–H and O–H groups in total. The fourth-order valence-electron chi connectivity index (χ4n) is 2.49. The van der Waals surface area contributed by atoms with E-state index in [0.717, 1.165) is 0 Å². The molecule has 146 valence electrons. The lowest BCUT2D eigenvalue weighted by Gasteiger charge is -2.13. The molecule has 0 saturated heterocycles. The fourth-order valence-corrected chi connectivity index (χ4v) is 2.49. The lowest BCUT2D eigenvalue weighted by Crippen LogP contribution is -2.04. The van der Waals surface area contributed by atoms with Crippen LogP contribution < -0.4 is 29.6 Å². The summed E-state index contributed by atoms with van der Waals surface area (Å²) in [4.78, 5) is 4.43. The summed E-state index contributed by atoms with van der Waals surface area (Å²) < 4.78 is 21.2. The first-order chi connectivity index (χ1) is 13.7. The zero-order valence-corrected chi connectivity index (χ0v) is 16.0. The Bertz CT molecular complexity index is 951. The molecule has 0 bridgehead atoms. The van der Waals surface area contributed by atoms with E-state index < -0.39 is 0 Å². The van der Waals surface area contributed by atoms with Crippen molar-refractivity contribution in [2.45, 2.75) is 0 Å². The van der Waals surface area contributed by atoms with Gasteiger partial charge in [0, 0.05) is 12.1 Å². The summed E-state index contributed by atoms with van der Waals surface area (Å²) in [5.74, 6) is 3.39. The van der Waals surface area contributed by atoms with Gasteiger partial charge >= 0.3 is 0 Å². The fraction of sp³-hybridized carbons (Fsp3) is 0.211. The van der Waals surface area contributed by atoms with Crippen molar-refractivity contribution in [1.82, 2.24) is 15.2 Å². The van der Waals surface area contributed by atoms with E-state index in [9.17, 15) is 0 Å². The lowest BCUT2D eigenvalue weighted by atomic mass is 10.2. The maximum absolute atomic E-state index is 5.39. The Balaban J connectivity index is 1.84. The van der Waals surface area contributed by atoms with Gasteiger partial charge in [-0.25, -0.2) is 0 Å². The molecule has 9 heteroatoms. The highest BCUT2D eigenvalue weighted by Crippen LogP contribution is 2.32. The van der Waals surface area contributed by atoms with E-state index in [2.05, 4.69) is 25.8 Å². The number of aromatic nitrogens is 3. The summed E-state index contributed by atoms with van der Waals surface area (Å²) in [5.41, 5.74) is 1.37. The number of rotatable bonds is 8. The number of nitrogens with one attached hydrogen (secondary N) is 2. The van der Waals surface area contributed by atoms with Crippen LogP contribution in [0.15, 0.2) is 42.6 Å². The van der Waals surface area contributed by atoms with Gasteiger partial charge in [-0.2, -0.15) is 10.1 Å². The average Bonchev–Trinajstić information content (AvgIpc) is 2.74. The normalized spacial score (nSPS) is 10.1. The Morgan fingerprint density at radius 3 is 2.14 bits per heavy atom. The van der Waals surface area contributed by atoms with Crippen molar-refractivity contribution in [1.29, 1.82) is 0 Å². The molecule has 3 rings (SSSR count). The van der Waals surface area contributed by atoms with Crippen LogP contribution in [-0.4, -0.2) is 43.6 Å². The van der Waals surface area contributed by atoms with Crippen LogP contribution in [0.1, 0.15) is 0 Å².